The minimum atomic E-state index is -0.148. The first-order valence-electron chi connectivity index (χ1n) is 9.87. The molecule has 1 saturated heterocycles. The lowest BCUT2D eigenvalue weighted by Gasteiger charge is -2.17. The van der Waals surface area contributed by atoms with E-state index in [0.717, 1.165) is 34.5 Å². The summed E-state index contributed by atoms with van der Waals surface area (Å²) in [7, 11) is 0. The van der Waals surface area contributed by atoms with E-state index in [9.17, 15) is 4.79 Å². The molecule has 1 N–H and O–H groups in total. The lowest BCUT2D eigenvalue weighted by molar-refractivity contribution is -0.113. The van der Waals surface area contributed by atoms with Crippen molar-refractivity contribution in [2.45, 2.75) is 20.0 Å². The van der Waals surface area contributed by atoms with Gasteiger partial charge in [0, 0.05) is 0 Å². The van der Waals surface area contributed by atoms with Crippen LogP contribution in [0.5, 0.6) is 5.75 Å². The molecular weight excluding hydrogens is 392 g/mol. The Kier molecular flexibility index (Phi) is 5.91. The van der Waals surface area contributed by atoms with Crippen LogP contribution in [-0.4, -0.2) is 11.0 Å². The number of carbonyl (C=O) groups excluding carboxylic acids is 1. The highest BCUT2D eigenvalue weighted by molar-refractivity contribution is 7.80. The van der Waals surface area contributed by atoms with Crippen LogP contribution in [0.15, 0.2) is 84.6 Å². The minimum absolute atomic E-state index is 0.148. The van der Waals surface area contributed by atoms with Crippen molar-refractivity contribution >= 4 is 35.0 Å². The van der Waals surface area contributed by atoms with Gasteiger partial charge in [-0.1, -0.05) is 67.6 Å². The van der Waals surface area contributed by atoms with Crippen LogP contribution in [-0.2, 0) is 17.8 Å². The summed E-state index contributed by atoms with van der Waals surface area (Å²) >= 11 is 5.44. The van der Waals surface area contributed by atoms with E-state index in [1.54, 1.807) is 4.90 Å². The molecule has 4 rings (SSSR count). The number of ether oxygens (including phenoxy) is 1. The largest absolute Gasteiger partial charge is 0.489 e. The first-order chi connectivity index (χ1) is 14.7. The third-order valence-electron chi connectivity index (χ3n) is 4.93. The van der Waals surface area contributed by atoms with Crippen LogP contribution in [0.1, 0.15) is 23.6 Å². The van der Waals surface area contributed by atoms with Gasteiger partial charge in [0.2, 0.25) is 0 Å². The number of thiocarbonyl (C=S) groups is 1. The summed E-state index contributed by atoms with van der Waals surface area (Å²) < 4.78 is 5.82. The van der Waals surface area contributed by atoms with Crippen molar-refractivity contribution in [3.05, 3.63) is 101 Å². The molecule has 0 spiro atoms. The molecular formula is C25H22N2O2S. The van der Waals surface area contributed by atoms with Gasteiger partial charge in [-0.3, -0.25) is 9.69 Å². The van der Waals surface area contributed by atoms with E-state index in [4.69, 9.17) is 17.0 Å². The second-order valence-corrected chi connectivity index (χ2v) is 7.34. The summed E-state index contributed by atoms with van der Waals surface area (Å²) in [5, 5.41) is 3.45. The number of hydrogen-bond donors (Lipinski definition) is 1. The fourth-order valence-electron chi connectivity index (χ4n) is 3.35. The molecule has 0 saturated carbocycles. The zero-order valence-electron chi connectivity index (χ0n) is 16.7. The number of para-hydroxylation sites is 1. The van der Waals surface area contributed by atoms with E-state index in [0.29, 0.717) is 17.4 Å². The zero-order chi connectivity index (χ0) is 20.9. The maximum atomic E-state index is 13.0. The maximum Gasteiger partial charge on any atom is 0.281 e. The summed E-state index contributed by atoms with van der Waals surface area (Å²) in [5.41, 5.74) is 4.38. The summed E-state index contributed by atoms with van der Waals surface area (Å²) in [6, 6.07) is 25.5. The standard InChI is InChI=1S/C25H22N2O2S/c1-2-20-10-6-7-11-23(20)27-24(28)22(26-25(27)30)16-18-12-14-21(15-13-18)29-17-19-8-4-3-5-9-19/h3-16H,2,17H2,1H3,(H,26,30)/b22-16+. The molecule has 0 aliphatic carbocycles. The molecule has 0 unspecified atom stereocenters. The summed E-state index contributed by atoms with van der Waals surface area (Å²) in [6.45, 7) is 2.58. The van der Waals surface area contributed by atoms with Gasteiger partial charge >= 0.3 is 0 Å². The summed E-state index contributed by atoms with van der Waals surface area (Å²) in [4.78, 5) is 14.6. The number of hydrogen-bond acceptors (Lipinski definition) is 3. The zero-order valence-corrected chi connectivity index (χ0v) is 17.5. The van der Waals surface area contributed by atoms with Crippen LogP contribution in [0.25, 0.3) is 6.08 Å². The molecule has 30 heavy (non-hydrogen) atoms. The lowest BCUT2D eigenvalue weighted by atomic mass is 10.1. The van der Waals surface area contributed by atoms with Crippen molar-refractivity contribution in [2.24, 2.45) is 0 Å². The lowest BCUT2D eigenvalue weighted by Crippen LogP contribution is -2.31. The van der Waals surface area contributed by atoms with Gasteiger partial charge in [0.1, 0.15) is 18.1 Å². The highest BCUT2D eigenvalue weighted by atomic mass is 32.1. The van der Waals surface area contributed by atoms with E-state index in [-0.39, 0.29) is 5.91 Å². The van der Waals surface area contributed by atoms with E-state index in [1.807, 2.05) is 84.9 Å². The van der Waals surface area contributed by atoms with Crippen molar-refractivity contribution in [1.29, 1.82) is 0 Å². The second-order valence-electron chi connectivity index (χ2n) is 6.95. The predicted molar refractivity (Wildman–Crippen MR) is 124 cm³/mol. The number of amides is 1. The molecule has 1 fully saturated rings. The van der Waals surface area contributed by atoms with Crippen molar-refractivity contribution in [2.75, 3.05) is 4.90 Å². The summed E-state index contributed by atoms with van der Waals surface area (Å²) in [6.07, 6.45) is 2.64. The average molecular weight is 415 g/mol. The number of carbonyl (C=O) groups is 1. The van der Waals surface area contributed by atoms with Gasteiger partial charge in [0.25, 0.3) is 5.91 Å². The molecule has 150 valence electrons. The predicted octanol–water partition coefficient (Wildman–Crippen LogP) is 5.09. The molecule has 3 aromatic carbocycles. The molecule has 1 aliphatic heterocycles. The highest BCUT2D eigenvalue weighted by Gasteiger charge is 2.32. The third-order valence-corrected chi connectivity index (χ3v) is 5.22. The molecule has 1 aliphatic rings. The van der Waals surface area contributed by atoms with E-state index in [2.05, 4.69) is 12.2 Å². The summed E-state index contributed by atoms with van der Waals surface area (Å²) in [5.74, 6) is 0.631. The number of nitrogens with one attached hydrogen (secondary N) is 1. The maximum absolute atomic E-state index is 13.0. The van der Waals surface area contributed by atoms with Crippen LogP contribution in [0.2, 0.25) is 0 Å². The molecule has 0 aromatic heterocycles. The van der Waals surface area contributed by atoms with Crippen LogP contribution < -0.4 is 15.0 Å². The van der Waals surface area contributed by atoms with Gasteiger partial charge in [-0.05, 0) is 59.6 Å². The van der Waals surface area contributed by atoms with Gasteiger partial charge < -0.3 is 10.1 Å². The Morgan fingerprint density at radius 1 is 0.967 bits per heavy atom. The van der Waals surface area contributed by atoms with E-state index >= 15 is 0 Å². The third kappa shape index (κ3) is 4.26. The first kappa shape index (κ1) is 19.9. The quantitative estimate of drug-likeness (QED) is 0.451. The number of anilines is 1. The Morgan fingerprint density at radius 2 is 1.67 bits per heavy atom. The van der Waals surface area contributed by atoms with Crippen molar-refractivity contribution < 1.29 is 9.53 Å². The average Bonchev–Trinajstić information content (AvgIpc) is 3.06. The molecule has 5 heteroatoms. The van der Waals surface area contributed by atoms with Crippen LogP contribution >= 0.6 is 12.2 Å². The first-order valence-corrected chi connectivity index (χ1v) is 10.3. The normalized spacial score (nSPS) is 14.8. The topological polar surface area (TPSA) is 41.6 Å². The van der Waals surface area contributed by atoms with E-state index in [1.165, 1.54) is 0 Å². The number of benzene rings is 3. The molecule has 0 radical (unpaired) electrons. The Labute approximate surface area is 181 Å². The smallest absolute Gasteiger partial charge is 0.281 e. The van der Waals surface area contributed by atoms with Crippen LogP contribution in [0, 0.1) is 0 Å². The fourth-order valence-corrected chi connectivity index (χ4v) is 3.64. The van der Waals surface area contributed by atoms with Crippen LogP contribution in [0.3, 0.4) is 0 Å². The molecule has 0 atom stereocenters. The molecule has 3 aromatic rings. The number of nitrogens with zero attached hydrogens (tertiary/aromatic N) is 1. The van der Waals surface area contributed by atoms with E-state index < -0.39 is 0 Å². The Morgan fingerprint density at radius 3 is 2.40 bits per heavy atom. The Bertz CT molecular complexity index is 1090. The molecule has 4 nitrogen and oxygen atoms in total. The molecule has 1 amide bonds. The number of aryl methyl sites for hydroxylation is 1. The Hall–Kier alpha value is -3.44. The van der Waals surface area contributed by atoms with Gasteiger partial charge in [-0.2, -0.15) is 0 Å². The molecule has 0 bridgehead atoms. The van der Waals surface area contributed by atoms with Crippen molar-refractivity contribution in [1.82, 2.24) is 5.32 Å². The fraction of sp³-hybridized carbons (Fsp3) is 0.120. The van der Waals surface area contributed by atoms with Crippen molar-refractivity contribution in [3.63, 3.8) is 0 Å². The number of rotatable bonds is 6. The van der Waals surface area contributed by atoms with Gasteiger partial charge in [0.15, 0.2) is 5.11 Å². The monoisotopic (exact) mass is 414 g/mol. The Balaban J connectivity index is 1.48. The van der Waals surface area contributed by atoms with Gasteiger partial charge in [0.05, 0.1) is 5.69 Å². The highest BCUT2D eigenvalue weighted by Crippen LogP contribution is 2.26. The molecule has 1 heterocycles. The second kappa shape index (κ2) is 8.93. The van der Waals surface area contributed by atoms with Gasteiger partial charge in [-0.15, -0.1) is 0 Å². The minimum Gasteiger partial charge on any atom is -0.489 e. The SMILES string of the molecule is CCc1ccccc1N1C(=O)/C(=C\c2ccc(OCc3ccccc3)cc2)NC1=S. The van der Waals surface area contributed by atoms with Crippen LogP contribution in [0.4, 0.5) is 5.69 Å². The van der Waals surface area contributed by atoms with Gasteiger partial charge in [-0.25, -0.2) is 0 Å². The van der Waals surface area contributed by atoms with Crippen molar-refractivity contribution in [3.8, 4) is 5.75 Å².